The summed E-state index contributed by atoms with van der Waals surface area (Å²) in [6, 6.07) is 0. The molecule has 0 unspecified atom stereocenters. The highest BCUT2D eigenvalue weighted by molar-refractivity contribution is 9.11. The molecule has 1 aromatic rings. The van der Waals surface area contributed by atoms with Crippen molar-refractivity contribution >= 4 is 21.9 Å². The molecule has 0 radical (unpaired) electrons. The number of rotatable bonds is 3. The van der Waals surface area contributed by atoms with Crippen molar-refractivity contribution < 1.29 is 0 Å². The molecular weight excluding hydrogens is 232 g/mol. The maximum Gasteiger partial charge on any atom is 0.243 e. The second-order valence-electron chi connectivity index (χ2n) is 2.68. The van der Waals surface area contributed by atoms with Crippen LogP contribution >= 0.6 is 15.9 Å². The summed E-state index contributed by atoms with van der Waals surface area (Å²) in [6.45, 7) is 8.07. The van der Waals surface area contributed by atoms with Crippen molar-refractivity contribution in [1.29, 1.82) is 0 Å². The van der Waals surface area contributed by atoms with Crippen LogP contribution in [0.4, 0.5) is 5.95 Å². The molecule has 0 aliphatic carbocycles. The number of hydrogen-bond acceptors (Lipinski definition) is 4. The Morgan fingerprint density at radius 2 is 2.08 bits per heavy atom. The molecule has 0 atom stereocenters. The Morgan fingerprint density at radius 3 is 2.62 bits per heavy atom. The van der Waals surface area contributed by atoms with E-state index in [1.807, 2.05) is 13.8 Å². The lowest BCUT2D eigenvalue weighted by atomic mass is 10.4. The Labute approximate surface area is 85.6 Å². The summed E-state index contributed by atoms with van der Waals surface area (Å²) < 4.78 is 0.856. The molecule has 5 heteroatoms. The van der Waals surface area contributed by atoms with Crippen molar-refractivity contribution in [1.82, 2.24) is 15.2 Å². The zero-order valence-electron chi connectivity index (χ0n) is 7.63. The molecule has 0 saturated heterocycles. The smallest absolute Gasteiger partial charge is 0.243 e. The minimum atomic E-state index is 0.531. The molecule has 1 aromatic heterocycles. The van der Waals surface area contributed by atoms with E-state index in [0.717, 1.165) is 15.9 Å². The minimum Gasteiger partial charge on any atom is -0.348 e. The van der Waals surface area contributed by atoms with E-state index in [1.165, 1.54) is 0 Å². The van der Waals surface area contributed by atoms with Crippen LogP contribution in [0.3, 0.4) is 0 Å². The number of aryl methyl sites for hydroxylation is 2. The predicted molar refractivity (Wildman–Crippen MR) is 55.9 cm³/mol. The molecule has 0 amide bonds. The molecule has 0 fully saturated rings. The number of nitrogens with zero attached hydrogens (tertiary/aromatic N) is 3. The van der Waals surface area contributed by atoms with E-state index < -0.39 is 0 Å². The first-order valence-electron chi connectivity index (χ1n) is 3.84. The third-order valence-electron chi connectivity index (χ3n) is 1.53. The van der Waals surface area contributed by atoms with Gasteiger partial charge in [0.15, 0.2) is 0 Å². The van der Waals surface area contributed by atoms with Crippen LogP contribution in [0.2, 0.25) is 0 Å². The van der Waals surface area contributed by atoms with Crippen LogP contribution in [0.5, 0.6) is 0 Å². The SMILES string of the molecule is C=C(Br)CNc1nnc(C)c(C)n1. The van der Waals surface area contributed by atoms with Gasteiger partial charge in [-0.25, -0.2) is 4.98 Å². The largest absolute Gasteiger partial charge is 0.348 e. The van der Waals surface area contributed by atoms with Gasteiger partial charge in [-0.3, -0.25) is 0 Å². The molecule has 70 valence electrons. The van der Waals surface area contributed by atoms with E-state index >= 15 is 0 Å². The molecule has 1 rings (SSSR count). The second-order valence-corrected chi connectivity index (χ2v) is 3.80. The number of anilines is 1. The molecule has 1 N–H and O–H groups in total. The van der Waals surface area contributed by atoms with Crippen LogP contribution in [0, 0.1) is 13.8 Å². The van der Waals surface area contributed by atoms with Gasteiger partial charge in [-0.2, -0.15) is 5.10 Å². The van der Waals surface area contributed by atoms with Gasteiger partial charge in [0.25, 0.3) is 0 Å². The van der Waals surface area contributed by atoms with Gasteiger partial charge in [-0.1, -0.05) is 22.5 Å². The fourth-order valence-electron chi connectivity index (χ4n) is 0.707. The molecule has 0 aliphatic heterocycles. The standard InChI is InChI=1S/C8H11BrN4/c1-5(9)4-10-8-11-6(2)7(3)12-13-8/h1,4H2,2-3H3,(H,10,11,13). The maximum atomic E-state index is 4.20. The van der Waals surface area contributed by atoms with Crippen LogP contribution in [-0.2, 0) is 0 Å². The topological polar surface area (TPSA) is 50.7 Å². The van der Waals surface area contributed by atoms with Crippen molar-refractivity contribution in [2.45, 2.75) is 13.8 Å². The molecule has 0 aromatic carbocycles. The van der Waals surface area contributed by atoms with Crippen molar-refractivity contribution in [3.05, 3.63) is 22.4 Å². The van der Waals surface area contributed by atoms with Crippen molar-refractivity contribution in [2.24, 2.45) is 0 Å². The molecule has 1 heterocycles. The molecule has 0 saturated carbocycles. The third-order valence-corrected chi connectivity index (χ3v) is 1.81. The van der Waals surface area contributed by atoms with Gasteiger partial charge in [0.05, 0.1) is 11.4 Å². The quantitative estimate of drug-likeness (QED) is 0.879. The van der Waals surface area contributed by atoms with Crippen molar-refractivity contribution in [3.8, 4) is 0 Å². The van der Waals surface area contributed by atoms with Gasteiger partial charge in [0.1, 0.15) is 0 Å². The minimum absolute atomic E-state index is 0.531. The summed E-state index contributed by atoms with van der Waals surface area (Å²) in [5, 5.41) is 10.8. The zero-order chi connectivity index (χ0) is 9.84. The lowest BCUT2D eigenvalue weighted by molar-refractivity contribution is 0.895. The fourth-order valence-corrected chi connectivity index (χ4v) is 0.847. The third kappa shape index (κ3) is 3.10. The monoisotopic (exact) mass is 242 g/mol. The normalized spacial score (nSPS) is 9.77. The number of nitrogens with one attached hydrogen (secondary N) is 1. The number of aromatic nitrogens is 3. The molecule has 0 spiro atoms. The summed E-state index contributed by atoms with van der Waals surface area (Å²) in [7, 11) is 0. The van der Waals surface area contributed by atoms with Crippen LogP contribution in [0.15, 0.2) is 11.1 Å². The number of hydrogen-bond donors (Lipinski definition) is 1. The zero-order valence-corrected chi connectivity index (χ0v) is 9.22. The van der Waals surface area contributed by atoms with Gasteiger partial charge in [-0.15, -0.1) is 5.10 Å². The number of halogens is 1. The summed E-state index contributed by atoms with van der Waals surface area (Å²) in [5.41, 5.74) is 1.74. The van der Waals surface area contributed by atoms with Crippen LogP contribution in [0.25, 0.3) is 0 Å². The Hall–Kier alpha value is -0.970. The van der Waals surface area contributed by atoms with E-state index in [-0.39, 0.29) is 0 Å². The van der Waals surface area contributed by atoms with Gasteiger partial charge in [-0.05, 0) is 13.8 Å². The van der Waals surface area contributed by atoms with Crippen LogP contribution in [0.1, 0.15) is 11.4 Å². The average molecular weight is 243 g/mol. The Kier molecular flexibility index (Phi) is 3.36. The second kappa shape index (κ2) is 4.32. The first-order chi connectivity index (χ1) is 6.09. The molecule has 0 bridgehead atoms. The van der Waals surface area contributed by atoms with Crippen LogP contribution in [-0.4, -0.2) is 21.7 Å². The first-order valence-corrected chi connectivity index (χ1v) is 4.64. The van der Waals surface area contributed by atoms with Gasteiger partial charge >= 0.3 is 0 Å². The highest BCUT2D eigenvalue weighted by atomic mass is 79.9. The van der Waals surface area contributed by atoms with E-state index in [0.29, 0.717) is 12.5 Å². The highest BCUT2D eigenvalue weighted by Gasteiger charge is 1.99. The lowest BCUT2D eigenvalue weighted by Gasteiger charge is -2.03. The van der Waals surface area contributed by atoms with Crippen LogP contribution < -0.4 is 5.32 Å². The Morgan fingerprint density at radius 1 is 1.38 bits per heavy atom. The summed E-state index contributed by atoms with van der Waals surface area (Å²) in [6.07, 6.45) is 0. The van der Waals surface area contributed by atoms with Gasteiger partial charge in [0, 0.05) is 11.0 Å². The molecule has 4 nitrogen and oxygen atoms in total. The molecular formula is C8H11BrN4. The van der Waals surface area contributed by atoms with E-state index in [4.69, 9.17) is 0 Å². The van der Waals surface area contributed by atoms with Gasteiger partial charge < -0.3 is 5.32 Å². The molecule has 13 heavy (non-hydrogen) atoms. The Bertz CT molecular complexity index is 324. The van der Waals surface area contributed by atoms with Gasteiger partial charge in [0.2, 0.25) is 5.95 Å². The van der Waals surface area contributed by atoms with E-state index in [9.17, 15) is 0 Å². The first kappa shape index (κ1) is 10.1. The lowest BCUT2D eigenvalue weighted by Crippen LogP contribution is -2.07. The van der Waals surface area contributed by atoms with E-state index in [1.54, 1.807) is 0 Å². The van der Waals surface area contributed by atoms with Crippen molar-refractivity contribution in [2.75, 3.05) is 11.9 Å². The maximum absolute atomic E-state index is 4.20. The average Bonchev–Trinajstić information content (AvgIpc) is 2.07. The predicted octanol–water partition coefficient (Wildman–Crippen LogP) is 1.81. The summed E-state index contributed by atoms with van der Waals surface area (Å²) in [4.78, 5) is 4.20. The van der Waals surface area contributed by atoms with Crippen molar-refractivity contribution in [3.63, 3.8) is 0 Å². The Balaban J connectivity index is 2.68. The molecule has 0 aliphatic rings. The summed E-state index contributed by atoms with van der Waals surface area (Å²) in [5.74, 6) is 0.531. The summed E-state index contributed by atoms with van der Waals surface area (Å²) >= 11 is 3.23. The van der Waals surface area contributed by atoms with E-state index in [2.05, 4.69) is 43.0 Å². The fraction of sp³-hybridized carbons (Fsp3) is 0.375. The highest BCUT2D eigenvalue weighted by Crippen LogP contribution is 2.04.